The lowest BCUT2D eigenvalue weighted by Crippen LogP contribution is -2.45. The van der Waals surface area contributed by atoms with E-state index in [1.165, 1.54) is 0 Å². The summed E-state index contributed by atoms with van der Waals surface area (Å²) in [6, 6.07) is 13.6. The third kappa shape index (κ3) is 6.49. The third-order valence-electron chi connectivity index (χ3n) is 4.45. The Balaban J connectivity index is 2.25. The number of ether oxygens (including phenoxy) is 2. The van der Waals surface area contributed by atoms with Gasteiger partial charge in [0.15, 0.2) is 11.5 Å². The Bertz CT molecular complexity index is 826. The molecule has 0 radical (unpaired) electrons. The van der Waals surface area contributed by atoms with Crippen molar-refractivity contribution in [2.45, 2.75) is 39.8 Å². The fourth-order valence-electron chi connectivity index (χ4n) is 3.04. The first-order chi connectivity index (χ1) is 14.5. The molecule has 7 heteroatoms. The summed E-state index contributed by atoms with van der Waals surface area (Å²) in [5.74, 6) is 0.924. The predicted octanol–water partition coefficient (Wildman–Crippen LogP) is 3.72. The molecule has 2 aromatic rings. The maximum Gasteiger partial charge on any atom is 0.321 e. The minimum Gasteiger partial charge on any atom is -0.490 e. The SMILES string of the molecule is CCNC(=O)NC(=O)[C@@H](N[C@@H](C)c1ccc(OCC)c(OCC)c1)c1ccccc1. The van der Waals surface area contributed by atoms with Gasteiger partial charge in [0.1, 0.15) is 6.04 Å². The fraction of sp³-hybridized carbons (Fsp3) is 0.391. The molecule has 0 bridgehead atoms. The van der Waals surface area contributed by atoms with Gasteiger partial charge < -0.3 is 14.8 Å². The number of rotatable bonds is 10. The van der Waals surface area contributed by atoms with E-state index in [9.17, 15) is 9.59 Å². The quantitative estimate of drug-likeness (QED) is 0.552. The van der Waals surface area contributed by atoms with Crippen molar-refractivity contribution in [3.63, 3.8) is 0 Å². The van der Waals surface area contributed by atoms with Crippen molar-refractivity contribution in [1.82, 2.24) is 16.0 Å². The van der Waals surface area contributed by atoms with Crippen molar-refractivity contribution >= 4 is 11.9 Å². The van der Waals surface area contributed by atoms with Crippen LogP contribution in [0, 0.1) is 0 Å². The minimum absolute atomic E-state index is 0.190. The van der Waals surface area contributed by atoms with Crippen LogP contribution in [0.1, 0.15) is 50.9 Å². The molecule has 30 heavy (non-hydrogen) atoms. The van der Waals surface area contributed by atoms with Gasteiger partial charge in [0.25, 0.3) is 0 Å². The summed E-state index contributed by atoms with van der Waals surface area (Å²) in [4.78, 5) is 24.7. The molecule has 7 nitrogen and oxygen atoms in total. The summed E-state index contributed by atoms with van der Waals surface area (Å²) in [5.41, 5.74) is 1.70. The van der Waals surface area contributed by atoms with Crippen LogP contribution in [-0.2, 0) is 4.79 Å². The van der Waals surface area contributed by atoms with Gasteiger partial charge in [-0.2, -0.15) is 0 Å². The largest absolute Gasteiger partial charge is 0.490 e. The highest BCUT2D eigenvalue weighted by molar-refractivity contribution is 5.97. The second-order valence-electron chi connectivity index (χ2n) is 6.65. The van der Waals surface area contributed by atoms with Crippen LogP contribution in [0.2, 0.25) is 0 Å². The number of amides is 3. The van der Waals surface area contributed by atoms with Crippen LogP contribution >= 0.6 is 0 Å². The molecule has 0 aliphatic carbocycles. The molecule has 0 heterocycles. The van der Waals surface area contributed by atoms with E-state index in [0.717, 1.165) is 11.1 Å². The molecule has 0 aromatic heterocycles. The molecule has 0 saturated heterocycles. The fourth-order valence-corrected chi connectivity index (χ4v) is 3.04. The molecule has 0 saturated carbocycles. The number of hydrogen-bond donors (Lipinski definition) is 3. The lowest BCUT2D eigenvalue weighted by Gasteiger charge is -2.24. The maximum atomic E-state index is 12.8. The van der Waals surface area contributed by atoms with Gasteiger partial charge >= 0.3 is 6.03 Å². The smallest absolute Gasteiger partial charge is 0.321 e. The highest BCUT2D eigenvalue weighted by Gasteiger charge is 2.24. The van der Waals surface area contributed by atoms with E-state index in [4.69, 9.17) is 9.47 Å². The number of imide groups is 1. The van der Waals surface area contributed by atoms with E-state index >= 15 is 0 Å². The molecular weight excluding hydrogens is 382 g/mol. The van der Waals surface area contributed by atoms with Crippen LogP contribution in [0.25, 0.3) is 0 Å². The Morgan fingerprint density at radius 2 is 1.57 bits per heavy atom. The Morgan fingerprint density at radius 3 is 2.20 bits per heavy atom. The summed E-state index contributed by atoms with van der Waals surface area (Å²) in [6.07, 6.45) is 0. The monoisotopic (exact) mass is 413 g/mol. The average Bonchev–Trinajstić information content (AvgIpc) is 2.74. The molecule has 3 N–H and O–H groups in total. The van der Waals surface area contributed by atoms with Crippen molar-refractivity contribution < 1.29 is 19.1 Å². The van der Waals surface area contributed by atoms with Crippen LogP contribution in [0.3, 0.4) is 0 Å². The first-order valence-electron chi connectivity index (χ1n) is 10.3. The van der Waals surface area contributed by atoms with Crippen LogP contribution in [0.5, 0.6) is 11.5 Å². The van der Waals surface area contributed by atoms with E-state index in [2.05, 4.69) is 16.0 Å². The third-order valence-corrected chi connectivity index (χ3v) is 4.45. The Labute approximate surface area is 178 Å². The van der Waals surface area contributed by atoms with E-state index in [1.54, 1.807) is 6.92 Å². The van der Waals surface area contributed by atoms with Gasteiger partial charge in [-0.3, -0.25) is 15.4 Å². The van der Waals surface area contributed by atoms with Gasteiger partial charge in [0.2, 0.25) is 5.91 Å². The van der Waals surface area contributed by atoms with E-state index < -0.39 is 18.0 Å². The maximum absolute atomic E-state index is 12.8. The van der Waals surface area contributed by atoms with Gasteiger partial charge in [-0.15, -0.1) is 0 Å². The van der Waals surface area contributed by atoms with Crippen LogP contribution in [-0.4, -0.2) is 31.7 Å². The van der Waals surface area contributed by atoms with Gasteiger partial charge in [-0.05, 0) is 51.0 Å². The van der Waals surface area contributed by atoms with Gasteiger partial charge in [0.05, 0.1) is 13.2 Å². The molecule has 3 amide bonds. The van der Waals surface area contributed by atoms with Crippen molar-refractivity contribution in [3.05, 3.63) is 59.7 Å². The van der Waals surface area contributed by atoms with Gasteiger partial charge in [-0.25, -0.2) is 4.79 Å². The summed E-state index contributed by atoms with van der Waals surface area (Å²) in [5, 5.41) is 8.31. The Morgan fingerprint density at radius 1 is 0.900 bits per heavy atom. The molecular formula is C23H31N3O4. The minimum atomic E-state index is -0.703. The molecule has 2 rings (SSSR count). The molecule has 0 spiro atoms. The molecule has 0 aliphatic heterocycles. The molecule has 162 valence electrons. The van der Waals surface area contributed by atoms with Crippen molar-refractivity contribution in [2.75, 3.05) is 19.8 Å². The molecule has 2 aromatic carbocycles. The van der Waals surface area contributed by atoms with Crippen molar-refractivity contribution in [2.24, 2.45) is 0 Å². The molecule has 2 atom stereocenters. The standard InChI is InChI=1S/C23H31N3O4/c1-5-24-23(28)26-22(27)21(17-11-9-8-10-12-17)25-16(4)18-13-14-19(29-6-2)20(15-18)30-7-3/h8-16,21,25H,5-7H2,1-4H3,(H2,24,26,27,28)/t16-,21-/m0/s1. The molecule has 0 aliphatic rings. The number of carbonyl (C=O) groups is 2. The summed E-state index contributed by atoms with van der Waals surface area (Å²) in [6.45, 7) is 9.09. The highest BCUT2D eigenvalue weighted by atomic mass is 16.5. The van der Waals surface area contributed by atoms with Crippen molar-refractivity contribution in [1.29, 1.82) is 0 Å². The second-order valence-corrected chi connectivity index (χ2v) is 6.65. The van der Waals surface area contributed by atoms with E-state index in [1.807, 2.05) is 69.3 Å². The Kier molecular flexibility index (Phi) is 9.15. The second kappa shape index (κ2) is 11.8. The number of nitrogens with one attached hydrogen (secondary N) is 3. The van der Waals surface area contributed by atoms with Gasteiger partial charge in [-0.1, -0.05) is 36.4 Å². The Hall–Kier alpha value is -3.06. The number of urea groups is 1. The van der Waals surface area contributed by atoms with E-state index in [-0.39, 0.29) is 6.04 Å². The number of benzene rings is 2. The normalized spacial score (nSPS) is 12.5. The van der Waals surface area contributed by atoms with Gasteiger partial charge in [0, 0.05) is 12.6 Å². The average molecular weight is 414 g/mol. The zero-order chi connectivity index (χ0) is 21.9. The zero-order valence-electron chi connectivity index (χ0n) is 18.0. The number of carbonyl (C=O) groups excluding carboxylic acids is 2. The lowest BCUT2D eigenvalue weighted by atomic mass is 10.0. The summed E-state index contributed by atoms with van der Waals surface area (Å²) in [7, 11) is 0. The first kappa shape index (κ1) is 23.2. The van der Waals surface area contributed by atoms with Crippen LogP contribution in [0.15, 0.2) is 48.5 Å². The summed E-state index contributed by atoms with van der Waals surface area (Å²) < 4.78 is 11.3. The number of hydrogen-bond acceptors (Lipinski definition) is 5. The van der Waals surface area contributed by atoms with Crippen LogP contribution < -0.4 is 25.4 Å². The molecule has 0 unspecified atom stereocenters. The molecule has 0 fully saturated rings. The summed E-state index contributed by atoms with van der Waals surface area (Å²) >= 11 is 0. The lowest BCUT2D eigenvalue weighted by molar-refractivity contribution is -0.122. The van der Waals surface area contributed by atoms with Crippen LogP contribution in [0.4, 0.5) is 4.79 Å². The van der Waals surface area contributed by atoms with E-state index in [0.29, 0.717) is 31.3 Å². The predicted molar refractivity (Wildman–Crippen MR) is 117 cm³/mol. The first-order valence-corrected chi connectivity index (χ1v) is 10.3. The highest BCUT2D eigenvalue weighted by Crippen LogP contribution is 2.31. The zero-order valence-corrected chi connectivity index (χ0v) is 18.0. The van der Waals surface area contributed by atoms with Crippen molar-refractivity contribution in [3.8, 4) is 11.5 Å². The topological polar surface area (TPSA) is 88.7 Å².